The van der Waals surface area contributed by atoms with Gasteiger partial charge in [-0.3, -0.25) is 9.59 Å². The number of aromatic nitrogens is 1. The van der Waals surface area contributed by atoms with Gasteiger partial charge in [-0.1, -0.05) is 42.6 Å². The zero-order valence-corrected chi connectivity index (χ0v) is 17.1. The van der Waals surface area contributed by atoms with Crippen LogP contribution in [0, 0.1) is 5.41 Å². The van der Waals surface area contributed by atoms with Crippen LogP contribution in [0.25, 0.3) is 10.9 Å². The van der Waals surface area contributed by atoms with Gasteiger partial charge >= 0.3 is 5.97 Å². The number of aliphatic carboxylic acids is 1. The van der Waals surface area contributed by atoms with Crippen LogP contribution in [0.1, 0.15) is 68.4 Å². The Balaban J connectivity index is 1.85. The standard InChI is InChI=1S/C21H26BrNO3/c1-21(2)12-17-20(18(24)13-21)15-11-14(22)8-9-16(15)23(17)10-6-4-3-5-7-19(25)26/h8-9,11H,3-7,10,12-13H2,1-2H3,(H,25,26). The summed E-state index contributed by atoms with van der Waals surface area (Å²) in [5.74, 6) is -0.471. The smallest absolute Gasteiger partial charge is 0.303 e. The fourth-order valence-corrected chi connectivity index (χ4v) is 4.43. The average molecular weight is 420 g/mol. The van der Waals surface area contributed by atoms with Crippen molar-refractivity contribution in [2.75, 3.05) is 0 Å². The first-order valence-electron chi connectivity index (χ1n) is 9.34. The van der Waals surface area contributed by atoms with Crippen LogP contribution in [0.5, 0.6) is 0 Å². The lowest BCUT2D eigenvalue weighted by molar-refractivity contribution is -0.137. The van der Waals surface area contributed by atoms with Gasteiger partial charge in [0.2, 0.25) is 0 Å². The van der Waals surface area contributed by atoms with Gasteiger partial charge in [0.25, 0.3) is 0 Å². The van der Waals surface area contributed by atoms with Gasteiger partial charge in [0, 0.05) is 46.0 Å². The van der Waals surface area contributed by atoms with Crippen molar-refractivity contribution in [2.24, 2.45) is 5.41 Å². The summed E-state index contributed by atoms with van der Waals surface area (Å²) in [4.78, 5) is 23.4. The molecule has 140 valence electrons. The minimum atomic E-state index is -0.721. The average Bonchev–Trinajstić information content (AvgIpc) is 2.82. The number of carbonyl (C=O) groups is 2. The number of rotatable bonds is 7. The van der Waals surface area contributed by atoms with Gasteiger partial charge in [0.05, 0.1) is 0 Å². The summed E-state index contributed by atoms with van der Waals surface area (Å²) in [5, 5.41) is 9.78. The summed E-state index contributed by atoms with van der Waals surface area (Å²) in [5.41, 5.74) is 3.21. The lowest BCUT2D eigenvalue weighted by Gasteiger charge is -2.29. The third-order valence-electron chi connectivity index (χ3n) is 5.22. The Morgan fingerprint density at radius 2 is 1.92 bits per heavy atom. The highest BCUT2D eigenvalue weighted by Gasteiger charge is 2.35. The number of Topliss-reactive ketones (excluding diaryl/α,β-unsaturated/α-hetero) is 1. The van der Waals surface area contributed by atoms with Crippen LogP contribution in [-0.4, -0.2) is 21.4 Å². The lowest BCUT2D eigenvalue weighted by Crippen LogP contribution is -2.28. The van der Waals surface area contributed by atoms with E-state index < -0.39 is 5.97 Å². The van der Waals surface area contributed by atoms with Gasteiger partial charge in [-0.2, -0.15) is 0 Å². The topological polar surface area (TPSA) is 59.3 Å². The first kappa shape index (κ1) is 19.2. The molecule has 4 nitrogen and oxygen atoms in total. The molecule has 0 saturated carbocycles. The fraction of sp³-hybridized carbons (Fsp3) is 0.524. The molecule has 0 aliphatic heterocycles. The van der Waals surface area contributed by atoms with E-state index in [1.165, 1.54) is 5.69 Å². The molecule has 26 heavy (non-hydrogen) atoms. The largest absolute Gasteiger partial charge is 0.481 e. The van der Waals surface area contributed by atoms with E-state index in [0.717, 1.165) is 59.6 Å². The third kappa shape index (κ3) is 4.03. The monoisotopic (exact) mass is 419 g/mol. The lowest BCUT2D eigenvalue weighted by atomic mass is 9.75. The Morgan fingerprint density at radius 1 is 1.19 bits per heavy atom. The van der Waals surface area contributed by atoms with E-state index in [-0.39, 0.29) is 17.6 Å². The number of fused-ring (bicyclic) bond motifs is 3. The molecule has 0 amide bonds. The molecule has 1 heterocycles. The van der Waals surface area contributed by atoms with Crippen molar-refractivity contribution in [2.45, 2.75) is 65.3 Å². The Bertz CT molecular complexity index is 851. The molecule has 2 aromatic rings. The first-order chi connectivity index (χ1) is 12.3. The molecular formula is C21H26BrNO3. The van der Waals surface area contributed by atoms with Gasteiger partial charge in [0.15, 0.2) is 5.78 Å². The number of aryl methyl sites for hydroxylation is 1. The van der Waals surface area contributed by atoms with Crippen LogP contribution >= 0.6 is 15.9 Å². The highest BCUT2D eigenvalue weighted by molar-refractivity contribution is 9.10. The molecule has 0 bridgehead atoms. The molecule has 0 unspecified atom stereocenters. The van der Waals surface area contributed by atoms with Gasteiger partial charge in [-0.15, -0.1) is 0 Å². The normalized spacial score (nSPS) is 16.0. The van der Waals surface area contributed by atoms with Crippen molar-refractivity contribution < 1.29 is 14.7 Å². The van der Waals surface area contributed by atoms with E-state index in [9.17, 15) is 9.59 Å². The van der Waals surface area contributed by atoms with Gasteiger partial charge in [-0.25, -0.2) is 0 Å². The van der Waals surface area contributed by atoms with Crippen molar-refractivity contribution in [3.63, 3.8) is 0 Å². The summed E-state index contributed by atoms with van der Waals surface area (Å²) >= 11 is 3.54. The molecule has 0 spiro atoms. The van der Waals surface area contributed by atoms with Crippen LogP contribution in [0.2, 0.25) is 0 Å². The molecular weight excluding hydrogens is 394 g/mol. The van der Waals surface area contributed by atoms with E-state index in [2.05, 4.69) is 46.5 Å². The Hall–Kier alpha value is -1.62. The van der Waals surface area contributed by atoms with Crippen LogP contribution in [0.3, 0.4) is 0 Å². The predicted molar refractivity (Wildman–Crippen MR) is 107 cm³/mol. The van der Waals surface area contributed by atoms with Crippen LogP contribution in [0.15, 0.2) is 22.7 Å². The third-order valence-corrected chi connectivity index (χ3v) is 5.71. The highest BCUT2D eigenvalue weighted by Crippen LogP contribution is 2.40. The van der Waals surface area contributed by atoms with E-state index in [1.807, 2.05) is 6.07 Å². The molecule has 1 aromatic carbocycles. The Labute approximate surface area is 162 Å². The first-order valence-corrected chi connectivity index (χ1v) is 10.1. The number of carboxylic acid groups (broad SMARTS) is 1. The van der Waals surface area contributed by atoms with Crippen molar-refractivity contribution >= 4 is 38.6 Å². The second-order valence-electron chi connectivity index (χ2n) is 8.13. The number of unbranched alkanes of at least 4 members (excludes halogenated alkanes) is 3. The summed E-state index contributed by atoms with van der Waals surface area (Å²) < 4.78 is 3.32. The number of benzene rings is 1. The van der Waals surface area contributed by atoms with Gasteiger partial charge in [-0.05, 0) is 42.9 Å². The zero-order chi connectivity index (χ0) is 18.9. The molecule has 3 rings (SSSR count). The summed E-state index contributed by atoms with van der Waals surface area (Å²) in [7, 11) is 0. The Morgan fingerprint density at radius 3 is 2.65 bits per heavy atom. The molecule has 1 aromatic heterocycles. The second kappa shape index (κ2) is 7.55. The highest BCUT2D eigenvalue weighted by atomic mass is 79.9. The molecule has 0 fully saturated rings. The molecule has 1 N–H and O–H groups in total. The SMILES string of the molecule is CC1(C)CC(=O)c2c(n(CCCCCCC(=O)O)c3ccc(Br)cc23)C1. The summed E-state index contributed by atoms with van der Waals surface area (Å²) in [6.07, 6.45) is 5.44. The number of hydrogen-bond donors (Lipinski definition) is 1. The number of halogens is 1. The van der Waals surface area contributed by atoms with E-state index in [1.54, 1.807) is 0 Å². The molecule has 0 radical (unpaired) electrons. The molecule has 5 heteroatoms. The Kier molecular flexibility index (Phi) is 5.56. The van der Waals surface area contributed by atoms with Crippen molar-refractivity contribution in [1.29, 1.82) is 0 Å². The number of ketones is 1. The maximum atomic E-state index is 12.8. The minimum Gasteiger partial charge on any atom is -0.481 e. The number of carboxylic acids is 1. The zero-order valence-electron chi connectivity index (χ0n) is 15.5. The molecule has 0 atom stereocenters. The molecule has 1 aliphatic carbocycles. The van der Waals surface area contributed by atoms with Crippen LogP contribution in [-0.2, 0) is 17.8 Å². The quantitative estimate of drug-likeness (QED) is 0.594. The van der Waals surface area contributed by atoms with Crippen LogP contribution < -0.4 is 0 Å². The number of carbonyl (C=O) groups excluding carboxylic acids is 1. The van der Waals surface area contributed by atoms with Gasteiger partial charge < -0.3 is 9.67 Å². The number of nitrogens with zero attached hydrogens (tertiary/aromatic N) is 1. The number of hydrogen-bond acceptors (Lipinski definition) is 2. The molecule has 1 aliphatic rings. The fourth-order valence-electron chi connectivity index (χ4n) is 4.07. The minimum absolute atomic E-state index is 0.00503. The maximum Gasteiger partial charge on any atom is 0.303 e. The maximum absolute atomic E-state index is 12.8. The van der Waals surface area contributed by atoms with Crippen molar-refractivity contribution in [3.05, 3.63) is 33.9 Å². The van der Waals surface area contributed by atoms with Crippen molar-refractivity contribution in [1.82, 2.24) is 4.57 Å². The summed E-state index contributed by atoms with van der Waals surface area (Å²) in [6, 6.07) is 6.20. The van der Waals surface area contributed by atoms with E-state index in [4.69, 9.17) is 5.11 Å². The van der Waals surface area contributed by atoms with E-state index >= 15 is 0 Å². The van der Waals surface area contributed by atoms with E-state index in [0.29, 0.717) is 6.42 Å². The van der Waals surface area contributed by atoms with Crippen LogP contribution in [0.4, 0.5) is 0 Å². The predicted octanol–water partition coefficient (Wildman–Crippen LogP) is 5.59. The second-order valence-corrected chi connectivity index (χ2v) is 9.05. The molecule has 0 saturated heterocycles. The van der Waals surface area contributed by atoms with Crippen molar-refractivity contribution in [3.8, 4) is 0 Å². The van der Waals surface area contributed by atoms with Gasteiger partial charge in [0.1, 0.15) is 0 Å². The summed E-state index contributed by atoms with van der Waals surface area (Å²) in [6.45, 7) is 5.21.